The first kappa shape index (κ1) is 77.2. The Hall–Kier alpha value is -2.81. The first-order valence-corrected chi connectivity index (χ1v) is 34.8. The van der Waals surface area contributed by atoms with Gasteiger partial charge in [-0.25, -0.2) is 0 Å². The molecule has 0 saturated heterocycles. The molecule has 0 bridgehead atoms. The van der Waals surface area contributed by atoms with E-state index in [4.69, 9.17) is 18.5 Å². The maximum Gasteiger partial charge on any atom is 0.306 e. The Morgan fingerprint density at radius 3 is 1.07 bits per heavy atom. The Labute approximate surface area is 494 Å². The molecule has 0 aromatic carbocycles. The third-order valence-corrected chi connectivity index (χ3v) is 15.4. The Kier molecular flexibility index (Phi) is 58.6. The van der Waals surface area contributed by atoms with Crippen molar-refractivity contribution in [1.82, 2.24) is 0 Å². The van der Waals surface area contributed by atoms with Crippen LogP contribution in [0.3, 0.4) is 0 Å². The number of unbranched alkanes of at least 4 members (excludes halogenated alkanes) is 33. The highest BCUT2D eigenvalue weighted by atomic mass is 31.2. The Bertz CT molecular complexity index is 1630. The number of phosphoric ester groups is 1. The predicted octanol–water partition coefficient (Wildman–Crippen LogP) is 20.7. The minimum absolute atomic E-state index is 0.0399. The van der Waals surface area contributed by atoms with Gasteiger partial charge < -0.3 is 27.9 Å². The lowest BCUT2D eigenvalue weighted by molar-refractivity contribution is -0.870. The fraction of sp³-hybridized carbons (Fsp3) is 0.771. The summed E-state index contributed by atoms with van der Waals surface area (Å²) in [6.07, 6.45) is 82.5. The Morgan fingerprint density at radius 2 is 0.713 bits per heavy atom. The number of carbonyl (C=O) groups excluding carboxylic acids is 2. The number of carbonyl (C=O) groups is 2. The highest BCUT2D eigenvalue weighted by molar-refractivity contribution is 7.45. The molecule has 0 aliphatic carbocycles. The maximum absolute atomic E-state index is 12.8. The molecule has 0 amide bonds. The van der Waals surface area contributed by atoms with Gasteiger partial charge in [-0.3, -0.25) is 14.2 Å². The van der Waals surface area contributed by atoms with Crippen LogP contribution in [0, 0.1) is 0 Å². The molecule has 464 valence electrons. The van der Waals surface area contributed by atoms with E-state index in [1.54, 1.807) is 0 Å². The lowest BCUT2D eigenvalue weighted by Gasteiger charge is -2.28. The molecule has 0 fully saturated rings. The average molecular weight is 1140 g/mol. The summed E-state index contributed by atoms with van der Waals surface area (Å²) in [5.74, 6) is -0.865. The summed E-state index contributed by atoms with van der Waals surface area (Å²) in [7, 11) is 1.14. The van der Waals surface area contributed by atoms with E-state index < -0.39 is 26.5 Å². The smallest absolute Gasteiger partial charge is 0.306 e. The van der Waals surface area contributed by atoms with Gasteiger partial charge in [0.25, 0.3) is 7.82 Å². The monoisotopic (exact) mass is 1140 g/mol. The zero-order valence-electron chi connectivity index (χ0n) is 52.8. The number of likely N-dealkylation sites (N-methyl/N-ethyl adjacent to an activating group) is 1. The molecule has 2 atom stereocenters. The second-order valence-electron chi connectivity index (χ2n) is 23.5. The summed E-state index contributed by atoms with van der Waals surface area (Å²) in [6.45, 7) is 4.10. The summed E-state index contributed by atoms with van der Waals surface area (Å²) in [5.41, 5.74) is 0. The summed E-state index contributed by atoms with van der Waals surface area (Å²) >= 11 is 0. The molecule has 0 aromatic heterocycles. The fourth-order valence-electron chi connectivity index (χ4n) is 9.30. The van der Waals surface area contributed by atoms with Crippen LogP contribution in [0.15, 0.2) is 85.1 Å². The van der Waals surface area contributed by atoms with E-state index in [0.29, 0.717) is 17.4 Å². The van der Waals surface area contributed by atoms with E-state index in [9.17, 15) is 19.0 Å². The highest BCUT2D eigenvalue weighted by Gasteiger charge is 2.22. The molecule has 9 nitrogen and oxygen atoms in total. The average Bonchev–Trinajstić information content (AvgIpc) is 3.42. The summed E-state index contributed by atoms with van der Waals surface area (Å²) in [6, 6.07) is 0. The normalized spacial score (nSPS) is 13.7. The van der Waals surface area contributed by atoms with Crippen molar-refractivity contribution in [1.29, 1.82) is 0 Å². The topological polar surface area (TPSA) is 111 Å². The number of phosphoric acid groups is 1. The minimum atomic E-state index is -4.65. The van der Waals surface area contributed by atoms with Crippen LogP contribution in [0.1, 0.15) is 296 Å². The van der Waals surface area contributed by atoms with Crippen LogP contribution in [0.4, 0.5) is 0 Å². The van der Waals surface area contributed by atoms with Crippen molar-refractivity contribution in [3.05, 3.63) is 85.1 Å². The predicted molar refractivity (Wildman–Crippen MR) is 342 cm³/mol. The van der Waals surface area contributed by atoms with Gasteiger partial charge in [-0.15, -0.1) is 0 Å². The fourth-order valence-corrected chi connectivity index (χ4v) is 10.0. The van der Waals surface area contributed by atoms with Gasteiger partial charge in [0, 0.05) is 12.8 Å². The molecular formula is C70H126NO8P. The first-order valence-electron chi connectivity index (χ1n) is 33.3. The van der Waals surface area contributed by atoms with E-state index in [2.05, 4.69) is 98.9 Å². The molecule has 0 saturated carbocycles. The van der Waals surface area contributed by atoms with Gasteiger partial charge in [0.2, 0.25) is 0 Å². The number of ether oxygens (including phenoxy) is 2. The molecule has 0 aliphatic heterocycles. The highest BCUT2D eigenvalue weighted by Crippen LogP contribution is 2.38. The molecule has 0 radical (unpaired) electrons. The largest absolute Gasteiger partial charge is 0.756 e. The summed E-state index contributed by atoms with van der Waals surface area (Å²) in [4.78, 5) is 37.9. The number of esters is 2. The Balaban J connectivity index is 3.98. The lowest BCUT2D eigenvalue weighted by atomic mass is 10.0. The molecule has 80 heavy (non-hydrogen) atoms. The van der Waals surface area contributed by atoms with Gasteiger partial charge in [-0.1, -0.05) is 279 Å². The molecule has 0 aromatic rings. The third-order valence-electron chi connectivity index (χ3n) is 14.4. The lowest BCUT2D eigenvalue weighted by Crippen LogP contribution is -2.37. The van der Waals surface area contributed by atoms with Gasteiger partial charge in [-0.2, -0.15) is 0 Å². The van der Waals surface area contributed by atoms with Gasteiger partial charge in [0.1, 0.15) is 19.8 Å². The van der Waals surface area contributed by atoms with Crippen LogP contribution in [-0.4, -0.2) is 70.0 Å². The van der Waals surface area contributed by atoms with E-state index in [-0.39, 0.29) is 32.0 Å². The zero-order chi connectivity index (χ0) is 58.4. The minimum Gasteiger partial charge on any atom is -0.756 e. The molecule has 0 rings (SSSR count). The standard InChI is InChI=1S/C70H126NO8P/c1-6-8-10-12-14-16-18-20-22-24-26-27-28-29-30-31-32-33-34-35-36-37-38-39-40-41-42-43-45-46-48-50-52-54-56-58-60-62-69(72)76-66-68(67-78-80(74,75)77-65-64-71(3,4)5)79-70(73)63-61-59-57-55-53-51-49-47-44-25-23-21-19-17-15-13-11-9-7-2/h9,11,15,17-18,20-21,23-24,26,44,47,51,53,68H,6-8,10,12-14,16,19,22,25,27-43,45-46,48-50,52,54-67H2,1-5H3/b11-9-,17-15-,20-18-,23-21-,26-24-,47-44-,53-51-. The van der Waals surface area contributed by atoms with Crippen molar-refractivity contribution < 1.29 is 42.1 Å². The number of rotatable bonds is 61. The van der Waals surface area contributed by atoms with E-state index in [1.807, 2.05) is 21.1 Å². The van der Waals surface area contributed by atoms with Crippen LogP contribution in [-0.2, 0) is 32.7 Å². The van der Waals surface area contributed by atoms with Crippen LogP contribution in [0.5, 0.6) is 0 Å². The van der Waals surface area contributed by atoms with Crippen LogP contribution < -0.4 is 4.89 Å². The second kappa shape index (κ2) is 60.8. The summed E-state index contributed by atoms with van der Waals surface area (Å²) < 4.78 is 34.2. The van der Waals surface area contributed by atoms with Crippen molar-refractivity contribution >= 4 is 19.8 Å². The van der Waals surface area contributed by atoms with Crippen LogP contribution in [0.25, 0.3) is 0 Å². The quantitative estimate of drug-likeness (QED) is 0.0195. The number of nitrogens with zero attached hydrogens (tertiary/aromatic N) is 1. The molecule has 0 heterocycles. The van der Waals surface area contributed by atoms with Crippen molar-refractivity contribution in [2.45, 2.75) is 302 Å². The Morgan fingerprint density at radius 1 is 0.400 bits per heavy atom. The number of hydrogen-bond donors (Lipinski definition) is 0. The van der Waals surface area contributed by atoms with E-state index >= 15 is 0 Å². The molecule has 0 spiro atoms. The third kappa shape index (κ3) is 64.4. The molecule has 0 aliphatic rings. The van der Waals surface area contributed by atoms with Gasteiger partial charge >= 0.3 is 11.9 Å². The van der Waals surface area contributed by atoms with Crippen molar-refractivity contribution in [3.63, 3.8) is 0 Å². The molecule has 10 heteroatoms. The van der Waals surface area contributed by atoms with E-state index in [1.165, 1.54) is 186 Å². The van der Waals surface area contributed by atoms with Gasteiger partial charge in [0.15, 0.2) is 6.10 Å². The van der Waals surface area contributed by atoms with Crippen molar-refractivity contribution in [2.75, 3.05) is 47.5 Å². The van der Waals surface area contributed by atoms with Gasteiger partial charge in [0.05, 0.1) is 27.7 Å². The number of quaternary nitrogens is 1. The zero-order valence-corrected chi connectivity index (χ0v) is 53.7. The SMILES string of the molecule is CC/C=C\C/C=C\C/C=C\C/C=C\C/C=C\CCCCCC(=O)OC(COC(=O)CCCCCCCCCCCCCCCCCCCCCCCCCCC/C=C\C/C=C\CCCCCCC)COP(=O)([O-])OCC[N+](C)(C)C. The summed E-state index contributed by atoms with van der Waals surface area (Å²) in [5, 5.41) is 0. The van der Waals surface area contributed by atoms with Crippen molar-refractivity contribution in [2.24, 2.45) is 0 Å². The maximum atomic E-state index is 12.8. The second-order valence-corrected chi connectivity index (χ2v) is 24.9. The number of hydrogen-bond acceptors (Lipinski definition) is 8. The van der Waals surface area contributed by atoms with Gasteiger partial charge in [-0.05, 0) is 89.9 Å². The number of allylic oxidation sites excluding steroid dienone is 14. The van der Waals surface area contributed by atoms with Crippen LogP contribution in [0.2, 0.25) is 0 Å². The van der Waals surface area contributed by atoms with Crippen molar-refractivity contribution in [3.8, 4) is 0 Å². The first-order chi connectivity index (χ1) is 39.0. The molecular weight excluding hydrogens is 1010 g/mol. The molecule has 0 N–H and O–H groups in total. The van der Waals surface area contributed by atoms with E-state index in [0.717, 1.165) is 77.0 Å². The molecule has 2 unspecified atom stereocenters. The van der Waals surface area contributed by atoms with Crippen LogP contribution >= 0.6 is 7.82 Å².